The molecule has 0 atom stereocenters. The fourth-order valence-corrected chi connectivity index (χ4v) is 3.07. The maximum atomic E-state index is 12.1. The van der Waals surface area contributed by atoms with Gasteiger partial charge < -0.3 is 5.32 Å². The summed E-state index contributed by atoms with van der Waals surface area (Å²) in [6.07, 6.45) is 5.22. The Morgan fingerprint density at radius 1 is 1.17 bits per heavy atom. The van der Waals surface area contributed by atoms with E-state index < -0.39 is 0 Å². The van der Waals surface area contributed by atoms with Crippen molar-refractivity contribution in [2.24, 2.45) is 4.99 Å². The first-order valence-electron chi connectivity index (χ1n) is 6.92. The van der Waals surface area contributed by atoms with Crippen molar-refractivity contribution in [1.82, 2.24) is 20.5 Å². The maximum absolute atomic E-state index is 12.1. The number of rotatable bonds is 2. The number of benzene rings is 1. The van der Waals surface area contributed by atoms with E-state index in [0.29, 0.717) is 15.9 Å². The number of fused-ring (bicyclic) bond motifs is 1. The van der Waals surface area contributed by atoms with Crippen LogP contribution >= 0.6 is 11.8 Å². The van der Waals surface area contributed by atoms with E-state index in [-0.39, 0.29) is 5.91 Å². The van der Waals surface area contributed by atoms with Gasteiger partial charge in [-0.25, -0.2) is 4.99 Å². The Labute approximate surface area is 135 Å². The molecule has 0 bridgehead atoms. The predicted octanol–water partition coefficient (Wildman–Crippen LogP) is 2.85. The molecule has 1 fully saturated rings. The molecule has 3 aromatic rings. The highest BCUT2D eigenvalue weighted by molar-refractivity contribution is 8.18. The Hall–Kier alpha value is -2.93. The fourth-order valence-electron chi connectivity index (χ4n) is 2.24. The van der Waals surface area contributed by atoms with Gasteiger partial charge in [0, 0.05) is 17.6 Å². The third kappa shape index (κ3) is 2.86. The van der Waals surface area contributed by atoms with Crippen molar-refractivity contribution in [3.05, 3.63) is 59.3 Å². The second kappa shape index (κ2) is 5.69. The summed E-state index contributed by atoms with van der Waals surface area (Å²) in [4.78, 5) is 21.2. The minimum Gasteiger partial charge on any atom is -0.300 e. The molecule has 1 aromatic carbocycles. The van der Waals surface area contributed by atoms with Crippen LogP contribution in [-0.2, 0) is 4.79 Å². The van der Waals surface area contributed by atoms with Crippen LogP contribution < -0.4 is 5.32 Å². The number of aliphatic imine (C=N–C) groups is 1. The maximum Gasteiger partial charge on any atom is 0.264 e. The van der Waals surface area contributed by atoms with Gasteiger partial charge in [0.15, 0.2) is 11.0 Å². The lowest BCUT2D eigenvalue weighted by Crippen LogP contribution is -2.19. The lowest BCUT2D eigenvalue weighted by atomic mass is 10.1. The molecule has 2 N–H and O–H groups in total. The second-order valence-electron chi connectivity index (χ2n) is 4.88. The predicted molar refractivity (Wildman–Crippen MR) is 91.1 cm³/mol. The smallest absolute Gasteiger partial charge is 0.264 e. The van der Waals surface area contributed by atoms with Crippen LogP contribution in [0.15, 0.2) is 58.7 Å². The molecule has 1 amide bonds. The summed E-state index contributed by atoms with van der Waals surface area (Å²) < 4.78 is 0. The van der Waals surface area contributed by atoms with Gasteiger partial charge in [-0.15, -0.1) is 0 Å². The van der Waals surface area contributed by atoms with Gasteiger partial charge in [0.2, 0.25) is 0 Å². The Morgan fingerprint density at radius 2 is 2.13 bits per heavy atom. The summed E-state index contributed by atoms with van der Waals surface area (Å²) in [5, 5.41) is 10.9. The van der Waals surface area contributed by atoms with Crippen LogP contribution in [0.2, 0.25) is 0 Å². The molecule has 0 aliphatic carbocycles. The highest BCUT2D eigenvalue weighted by Gasteiger charge is 2.23. The van der Waals surface area contributed by atoms with Gasteiger partial charge in [0.05, 0.1) is 16.6 Å². The number of nitrogens with zero attached hydrogens (tertiary/aromatic N) is 3. The molecule has 1 saturated heterocycles. The zero-order valence-electron chi connectivity index (χ0n) is 11.9. The number of nitrogens with one attached hydrogen (secondary N) is 2. The summed E-state index contributed by atoms with van der Waals surface area (Å²) in [5.74, 6) is 0.449. The zero-order chi connectivity index (χ0) is 15.6. The van der Waals surface area contributed by atoms with Crippen molar-refractivity contribution in [3.8, 4) is 0 Å². The number of aromatic amines is 1. The number of carbonyl (C=O) groups excluding carboxylic acids is 1. The van der Waals surface area contributed by atoms with Crippen LogP contribution in [0.1, 0.15) is 5.56 Å². The van der Waals surface area contributed by atoms with E-state index in [1.54, 1.807) is 18.5 Å². The Kier molecular flexibility index (Phi) is 3.39. The van der Waals surface area contributed by atoms with E-state index in [2.05, 4.69) is 25.5 Å². The van der Waals surface area contributed by atoms with E-state index in [1.807, 2.05) is 36.4 Å². The first-order valence-corrected chi connectivity index (χ1v) is 7.73. The minimum absolute atomic E-state index is 0.153. The highest BCUT2D eigenvalue weighted by atomic mass is 32.2. The lowest BCUT2D eigenvalue weighted by Gasteiger charge is -1.99. The first-order chi connectivity index (χ1) is 11.3. The number of aromatic nitrogens is 3. The quantitative estimate of drug-likeness (QED) is 0.711. The van der Waals surface area contributed by atoms with Crippen molar-refractivity contribution in [2.45, 2.75) is 0 Å². The number of H-pyrrole nitrogens is 1. The first kappa shape index (κ1) is 13.7. The molecule has 1 aliphatic heterocycles. The average Bonchev–Trinajstić information content (AvgIpc) is 3.18. The third-order valence-corrected chi connectivity index (χ3v) is 4.19. The largest absolute Gasteiger partial charge is 0.300 e. The fraction of sp³-hybridized carbons (Fsp3) is 0. The topological polar surface area (TPSA) is 83.0 Å². The Morgan fingerprint density at radius 3 is 3.00 bits per heavy atom. The molecular weight excluding hydrogens is 310 g/mol. The number of amides is 1. The van der Waals surface area contributed by atoms with E-state index in [1.165, 1.54) is 11.8 Å². The van der Waals surface area contributed by atoms with Gasteiger partial charge >= 0.3 is 0 Å². The van der Waals surface area contributed by atoms with Crippen LogP contribution in [0, 0.1) is 0 Å². The minimum atomic E-state index is -0.153. The van der Waals surface area contributed by atoms with Gasteiger partial charge in [0.1, 0.15) is 0 Å². The number of carbonyl (C=O) groups is 1. The molecule has 112 valence electrons. The van der Waals surface area contributed by atoms with Crippen molar-refractivity contribution in [3.63, 3.8) is 0 Å². The molecule has 0 saturated carbocycles. The lowest BCUT2D eigenvalue weighted by molar-refractivity contribution is -0.115. The molecule has 0 spiro atoms. The SMILES string of the molecule is O=C1NC(=Nc2ccn[nH]2)SC1=Cc1ccc2ncccc2c1. The summed E-state index contributed by atoms with van der Waals surface area (Å²) in [5.41, 5.74) is 1.88. The van der Waals surface area contributed by atoms with Gasteiger partial charge in [-0.1, -0.05) is 12.1 Å². The number of pyridine rings is 1. The summed E-state index contributed by atoms with van der Waals surface area (Å²) in [7, 11) is 0. The molecule has 2 aromatic heterocycles. The van der Waals surface area contributed by atoms with E-state index in [9.17, 15) is 4.79 Å². The Bertz CT molecular complexity index is 946. The van der Waals surface area contributed by atoms with Crippen molar-refractivity contribution >= 4 is 45.6 Å². The molecule has 7 heteroatoms. The van der Waals surface area contributed by atoms with Crippen molar-refractivity contribution in [1.29, 1.82) is 0 Å². The third-order valence-electron chi connectivity index (χ3n) is 3.28. The molecule has 23 heavy (non-hydrogen) atoms. The second-order valence-corrected chi connectivity index (χ2v) is 5.91. The zero-order valence-corrected chi connectivity index (χ0v) is 12.7. The van der Waals surface area contributed by atoms with Crippen molar-refractivity contribution < 1.29 is 4.79 Å². The summed E-state index contributed by atoms with van der Waals surface area (Å²) >= 11 is 1.30. The number of hydrogen-bond acceptors (Lipinski definition) is 5. The molecule has 0 radical (unpaired) electrons. The van der Waals surface area contributed by atoms with Gasteiger partial charge in [-0.3, -0.25) is 14.9 Å². The van der Waals surface area contributed by atoms with Gasteiger partial charge in [0.25, 0.3) is 5.91 Å². The van der Waals surface area contributed by atoms with Crippen LogP contribution in [0.4, 0.5) is 5.82 Å². The Balaban J connectivity index is 1.63. The number of amidine groups is 1. The van der Waals surface area contributed by atoms with Crippen LogP contribution in [0.3, 0.4) is 0 Å². The normalized spacial score (nSPS) is 18.0. The highest BCUT2D eigenvalue weighted by Crippen LogP contribution is 2.28. The summed E-state index contributed by atoms with van der Waals surface area (Å²) in [6.45, 7) is 0. The molecule has 0 unspecified atom stereocenters. The van der Waals surface area contributed by atoms with E-state index in [4.69, 9.17) is 0 Å². The standard InChI is InChI=1S/C16H11N5OS/c22-15-13(23-16(20-15)19-14-5-7-18-21-14)9-10-3-4-12-11(8-10)2-1-6-17-12/h1-9H,(H2,18,19,20,21,22). The average molecular weight is 321 g/mol. The van der Waals surface area contributed by atoms with E-state index >= 15 is 0 Å². The molecule has 4 rings (SSSR count). The van der Waals surface area contributed by atoms with Crippen LogP contribution in [0.5, 0.6) is 0 Å². The van der Waals surface area contributed by atoms with Crippen molar-refractivity contribution in [2.75, 3.05) is 0 Å². The molecule has 3 heterocycles. The van der Waals surface area contributed by atoms with E-state index in [0.717, 1.165) is 16.5 Å². The number of hydrogen-bond donors (Lipinski definition) is 2. The van der Waals surface area contributed by atoms with Crippen LogP contribution in [-0.4, -0.2) is 26.3 Å². The monoisotopic (exact) mass is 321 g/mol. The summed E-state index contributed by atoms with van der Waals surface area (Å²) in [6, 6.07) is 11.5. The van der Waals surface area contributed by atoms with Gasteiger partial charge in [-0.05, 0) is 41.6 Å². The number of thioether (sulfide) groups is 1. The van der Waals surface area contributed by atoms with Crippen LogP contribution in [0.25, 0.3) is 17.0 Å². The molecule has 1 aliphatic rings. The molecule has 6 nitrogen and oxygen atoms in total. The molecular formula is C16H11N5OS. The van der Waals surface area contributed by atoms with Gasteiger partial charge in [-0.2, -0.15) is 5.10 Å².